The molecular weight excluding hydrogens is 298 g/mol. The van der Waals surface area contributed by atoms with E-state index in [1.54, 1.807) is 18.0 Å². The second-order valence-corrected chi connectivity index (χ2v) is 5.44. The summed E-state index contributed by atoms with van der Waals surface area (Å²) in [5.41, 5.74) is 13.1. The molecule has 2 aromatic rings. The van der Waals surface area contributed by atoms with Crippen LogP contribution in [0.1, 0.15) is 5.56 Å². The summed E-state index contributed by atoms with van der Waals surface area (Å²) in [5, 5.41) is 0. The second kappa shape index (κ2) is 5.42. The molecule has 0 atom stereocenters. The van der Waals surface area contributed by atoms with Gasteiger partial charge in [0, 0.05) is 27.0 Å². The summed E-state index contributed by atoms with van der Waals surface area (Å²) in [7, 11) is 0. The first kappa shape index (κ1) is 12.3. The number of aromatic nitrogens is 1. The number of pyridine rings is 1. The summed E-state index contributed by atoms with van der Waals surface area (Å²) in [6.07, 6.45) is 1.80. The van der Waals surface area contributed by atoms with Crippen LogP contribution in [-0.4, -0.2) is 4.98 Å². The lowest BCUT2D eigenvalue weighted by molar-refractivity contribution is 1.25. The fourth-order valence-corrected chi connectivity index (χ4v) is 2.91. The number of anilines is 2. The highest BCUT2D eigenvalue weighted by Crippen LogP contribution is 2.31. The molecule has 88 valence electrons. The molecule has 0 aliphatic carbocycles. The highest BCUT2D eigenvalue weighted by atomic mass is 79.9. The SMILES string of the molecule is Nc1ccc(SCc2ccc(N)nc2)c(Br)c1. The van der Waals surface area contributed by atoms with Gasteiger partial charge in [0.2, 0.25) is 0 Å². The predicted octanol–water partition coefficient (Wildman–Crippen LogP) is 3.30. The lowest BCUT2D eigenvalue weighted by Gasteiger charge is -2.05. The van der Waals surface area contributed by atoms with E-state index in [1.165, 1.54) is 0 Å². The lowest BCUT2D eigenvalue weighted by atomic mass is 10.3. The Hall–Kier alpha value is -1.20. The molecule has 1 aromatic carbocycles. The third-order valence-electron chi connectivity index (χ3n) is 2.20. The number of benzene rings is 1. The lowest BCUT2D eigenvalue weighted by Crippen LogP contribution is -1.90. The van der Waals surface area contributed by atoms with Crippen LogP contribution in [0.25, 0.3) is 0 Å². The summed E-state index contributed by atoms with van der Waals surface area (Å²) >= 11 is 5.23. The van der Waals surface area contributed by atoms with Gasteiger partial charge in [0.1, 0.15) is 5.82 Å². The number of hydrogen-bond donors (Lipinski definition) is 2. The number of halogens is 1. The molecule has 4 N–H and O–H groups in total. The second-order valence-electron chi connectivity index (χ2n) is 3.57. The zero-order valence-corrected chi connectivity index (χ0v) is 11.5. The average molecular weight is 310 g/mol. The van der Waals surface area contributed by atoms with Gasteiger partial charge >= 0.3 is 0 Å². The molecule has 0 fully saturated rings. The van der Waals surface area contributed by atoms with E-state index in [4.69, 9.17) is 11.5 Å². The Morgan fingerprint density at radius 2 is 2.00 bits per heavy atom. The largest absolute Gasteiger partial charge is 0.399 e. The number of rotatable bonds is 3. The van der Waals surface area contributed by atoms with E-state index >= 15 is 0 Å². The molecule has 0 spiro atoms. The molecule has 0 radical (unpaired) electrons. The third-order valence-corrected chi connectivity index (χ3v) is 4.26. The van der Waals surface area contributed by atoms with Crippen LogP contribution in [-0.2, 0) is 5.75 Å². The summed E-state index contributed by atoms with van der Waals surface area (Å²) in [5.74, 6) is 1.41. The van der Waals surface area contributed by atoms with Crippen molar-refractivity contribution in [2.24, 2.45) is 0 Å². The van der Waals surface area contributed by atoms with E-state index < -0.39 is 0 Å². The van der Waals surface area contributed by atoms with Gasteiger partial charge in [-0.15, -0.1) is 11.8 Å². The molecule has 0 amide bonds. The van der Waals surface area contributed by atoms with Crippen molar-refractivity contribution in [1.29, 1.82) is 0 Å². The molecule has 0 bridgehead atoms. The maximum absolute atomic E-state index is 5.69. The van der Waals surface area contributed by atoms with Crippen LogP contribution in [0.5, 0.6) is 0 Å². The van der Waals surface area contributed by atoms with Gasteiger partial charge < -0.3 is 11.5 Å². The van der Waals surface area contributed by atoms with Gasteiger partial charge in [-0.05, 0) is 45.8 Å². The fourth-order valence-electron chi connectivity index (χ4n) is 1.32. The van der Waals surface area contributed by atoms with Crippen LogP contribution < -0.4 is 11.5 Å². The van der Waals surface area contributed by atoms with E-state index in [0.717, 1.165) is 26.4 Å². The van der Waals surface area contributed by atoms with Crippen LogP contribution in [0.4, 0.5) is 11.5 Å². The molecular formula is C12H12BrN3S. The van der Waals surface area contributed by atoms with Crippen molar-refractivity contribution in [2.45, 2.75) is 10.6 Å². The van der Waals surface area contributed by atoms with Crippen molar-refractivity contribution < 1.29 is 0 Å². The first-order chi connectivity index (χ1) is 8.15. The Balaban J connectivity index is 2.04. The summed E-state index contributed by atoms with van der Waals surface area (Å²) in [6.45, 7) is 0. The summed E-state index contributed by atoms with van der Waals surface area (Å²) in [6, 6.07) is 9.61. The van der Waals surface area contributed by atoms with Crippen molar-refractivity contribution in [3.63, 3.8) is 0 Å². The first-order valence-electron chi connectivity index (χ1n) is 5.03. The minimum atomic E-state index is 0.549. The Morgan fingerprint density at radius 1 is 1.18 bits per heavy atom. The fraction of sp³-hybridized carbons (Fsp3) is 0.0833. The molecule has 5 heteroatoms. The Bertz CT molecular complexity index is 514. The van der Waals surface area contributed by atoms with Crippen LogP contribution in [0.2, 0.25) is 0 Å². The normalized spacial score (nSPS) is 10.4. The monoisotopic (exact) mass is 309 g/mol. The van der Waals surface area contributed by atoms with Crippen LogP contribution in [0, 0.1) is 0 Å². The van der Waals surface area contributed by atoms with Gasteiger partial charge in [0.15, 0.2) is 0 Å². The van der Waals surface area contributed by atoms with E-state index in [9.17, 15) is 0 Å². The van der Waals surface area contributed by atoms with E-state index in [0.29, 0.717) is 5.82 Å². The number of thioether (sulfide) groups is 1. The van der Waals surface area contributed by atoms with Gasteiger partial charge in [0.25, 0.3) is 0 Å². The number of nitrogen functional groups attached to an aromatic ring is 2. The predicted molar refractivity (Wildman–Crippen MR) is 76.8 cm³/mol. The average Bonchev–Trinajstić information content (AvgIpc) is 2.30. The van der Waals surface area contributed by atoms with E-state index in [2.05, 4.69) is 20.9 Å². The molecule has 0 saturated carbocycles. The van der Waals surface area contributed by atoms with E-state index in [-0.39, 0.29) is 0 Å². The van der Waals surface area contributed by atoms with Crippen LogP contribution in [0.3, 0.4) is 0 Å². The van der Waals surface area contributed by atoms with Crippen molar-refractivity contribution >= 4 is 39.2 Å². The highest BCUT2D eigenvalue weighted by molar-refractivity contribution is 9.10. The number of nitrogens with zero attached hydrogens (tertiary/aromatic N) is 1. The van der Waals surface area contributed by atoms with Crippen molar-refractivity contribution in [1.82, 2.24) is 4.98 Å². The summed E-state index contributed by atoms with van der Waals surface area (Å²) in [4.78, 5) is 5.22. The standard InChI is InChI=1S/C12H12BrN3S/c13-10-5-9(14)2-3-11(10)17-7-8-1-4-12(15)16-6-8/h1-6H,7,14H2,(H2,15,16). The van der Waals surface area contributed by atoms with Crippen LogP contribution >= 0.6 is 27.7 Å². The molecule has 3 nitrogen and oxygen atoms in total. The minimum Gasteiger partial charge on any atom is -0.399 e. The maximum Gasteiger partial charge on any atom is 0.123 e. The maximum atomic E-state index is 5.69. The van der Waals surface area contributed by atoms with Crippen molar-refractivity contribution in [2.75, 3.05) is 11.5 Å². The minimum absolute atomic E-state index is 0.549. The smallest absolute Gasteiger partial charge is 0.123 e. The zero-order chi connectivity index (χ0) is 12.3. The molecule has 0 aliphatic heterocycles. The molecule has 17 heavy (non-hydrogen) atoms. The molecule has 0 unspecified atom stereocenters. The van der Waals surface area contributed by atoms with Gasteiger partial charge in [-0.25, -0.2) is 4.98 Å². The van der Waals surface area contributed by atoms with Gasteiger partial charge in [0.05, 0.1) is 0 Å². The molecule has 2 rings (SSSR count). The number of hydrogen-bond acceptors (Lipinski definition) is 4. The van der Waals surface area contributed by atoms with Crippen molar-refractivity contribution in [3.8, 4) is 0 Å². The third kappa shape index (κ3) is 3.38. The van der Waals surface area contributed by atoms with Crippen molar-refractivity contribution in [3.05, 3.63) is 46.6 Å². The van der Waals surface area contributed by atoms with Gasteiger partial charge in [-0.2, -0.15) is 0 Å². The first-order valence-corrected chi connectivity index (χ1v) is 6.81. The van der Waals surface area contributed by atoms with E-state index in [1.807, 2.05) is 30.3 Å². The Labute approximate surface area is 113 Å². The topological polar surface area (TPSA) is 64.9 Å². The molecule has 0 saturated heterocycles. The Morgan fingerprint density at radius 3 is 2.65 bits per heavy atom. The summed E-state index contributed by atoms with van der Waals surface area (Å²) < 4.78 is 1.02. The highest BCUT2D eigenvalue weighted by Gasteiger charge is 2.02. The number of nitrogens with two attached hydrogens (primary N) is 2. The quantitative estimate of drug-likeness (QED) is 0.674. The van der Waals surface area contributed by atoms with Gasteiger partial charge in [-0.3, -0.25) is 0 Å². The van der Waals surface area contributed by atoms with Crippen LogP contribution in [0.15, 0.2) is 45.9 Å². The van der Waals surface area contributed by atoms with Gasteiger partial charge in [-0.1, -0.05) is 6.07 Å². The molecule has 0 aliphatic rings. The molecule has 1 heterocycles. The Kier molecular flexibility index (Phi) is 3.91. The zero-order valence-electron chi connectivity index (χ0n) is 9.06. The molecule has 1 aromatic heterocycles.